The number of hydrogen-bond acceptors (Lipinski definition) is 12. The Balaban J connectivity index is 1.96. The number of likely N-dealkylation sites (N-methyl/N-ethyl adjacent to an activating group) is 1. The summed E-state index contributed by atoms with van der Waals surface area (Å²) in [6, 6.07) is 7.35. The number of Topliss-reactive ketones (excluding diaryl/α,β-unsaturated/α-hetero) is 1. The lowest BCUT2D eigenvalue weighted by Crippen LogP contribution is -2.50. The molecule has 56 heavy (non-hydrogen) atoms. The highest BCUT2D eigenvalue weighted by Crippen LogP contribution is 2.33. The molecular formula is C42H62N4O9S. The minimum absolute atomic E-state index is 0.0174. The quantitative estimate of drug-likeness (QED) is 0.0876. The normalized spacial score (nSPS) is 17.3. The highest BCUT2D eigenvalue weighted by atomic mass is 32.1. The van der Waals surface area contributed by atoms with Crippen LogP contribution in [0.1, 0.15) is 121 Å². The van der Waals surface area contributed by atoms with Crippen LogP contribution in [0.2, 0.25) is 0 Å². The van der Waals surface area contributed by atoms with Crippen LogP contribution < -0.4 is 5.32 Å². The summed E-state index contributed by atoms with van der Waals surface area (Å²) in [5, 5.41) is 4.55. The minimum atomic E-state index is -0.978. The van der Waals surface area contributed by atoms with Gasteiger partial charge in [-0.25, -0.2) is 9.78 Å². The molecule has 0 radical (unpaired) electrons. The summed E-state index contributed by atoms with van der Waals surface area (Å²) >= 11 is 1.11. The molecule has 2 amide bonds. The van der Waals surface area contributed by atoms with Gasteiger partial charge in [-0.05, 0) is 49.8 Å². The van der Waals surface area contributed by atoms with E-state index in [4.69, 9.17) is 14.2 Å². The maximum Gasteiger partial charge on any atom is 0.328 e. The SMILES string of the molecule is CC[C@H](C)[C@H](CC(=O)[C@H]1CCCCN1C)C(=O)N(COC(=O)CC(C)C)[C@H](C[C@@H](OC(C)=O)c1nc(C(=O)N[C@@H](Cc2ccccc2)C(=O)OC)cs1)C(C)C. The summed E-state index contributed by atoms with van der Waals surface area (Å²) in [6.07, 6.45) is 2.89. The summed E-state index contributed by atoms with van der Waals surface area (Å²) < 4.78 is 16.5. The first-order valence-electron chi connectivity index (χ1n) is 19.8. The molecule has 1 aromatic carbocycles. The highest BCUT2D eigenvalue weighted by molar-refractivity contribution is 7.09. The van der Waals surface area contributed by atoms with Crippen molar-refractivity contribution in [3.8, 4) is 0 Å². The first kappa shape index (κ1) is 46.2. The third-order valence-corrected chi connectivity index (χ3v) is 11.4. The van der Waals surface area contributed by atoms with E-state index in [1.165, 1.54) is 24.3 Å². The number of aromatic nitrogens is 1. The number of ether oxygens (including phenoxy) is 3. The number of benzene rings is 1. The fourth-order valence-corrected chi connectivity index (χ4v) is 7.90. The Morgan fingerprint density at radius 3 is 2.30 bits per heavy atom. The van der Waals surface area contributed by atoms with Crippen molar-refractivity contribution in [2.24, 2.45) is 23.7 Å². The van der Waals surface area contributed by atoms with Crippen LogP contribution in [-0.2, 0) is 44.6 Å². The summed E-state index contributed by atoms with van der Waals surface area (Å²) in [5.41, 5.74) is 0.843. The number of esters is 3. The molecule has 1 saturated heterocycles. The highest BCUT2D eigenvalue weighted by Gasteiger charge is 2.39. The third-order valence-electron chi connectivity index (χ3n) is 10.5. The van der Waals surface area contributed by atoms with Gasteiger partial charge in [-0.15, -0.1) is 11.3 Å². The van der Waals surface area contributed by atoms with Crippen LogP contribution in [0.15, 0.2) is 35.7 Å². The molecule has 1 fully saturated rings. The zero-order chi connectivity index (χ0) is 41.5. The number of piperidine rings is 1. The number of carbonyl (C=O) groups is 6. The van der Waals surface area contributed by atoms with Gasteiger partial charge in [0.25, 0.3) is 5.91 Å². The van der Waals surface area contributed by atoms with Crippen LogP contribution in [0.5, 0.6) is 0 Å². The summed E-state index contributed by atoms with van der Waals surface area (Å²) in [4.78, 5) is 88.3. The largest absolute Gasteiger partial charge is 0.467 e. The van der Waals surface area contributed by atoms with Crippen molar-refractivity contribution in [1.82, 2.24) is 20.1 Å². The summed E-state index contributed by atoms with van der Waals surface area (Å²) in [7, 11) is 3.20. The van der Waals surface area contributed by atoms with E-state index in [-0.39, 0.29) is 73.6 Å². The number of hydrogen-bond donors (Lipinski definition) is 1. The monoisotopic (exact) mass is 798 g/mol. The van der Waals surface area contributed by atoms with Crippen LogP contribution in [0, 0.1) is 23.7 Å². The van der Waals surface area contributed by atoms with Gasteiger partial charge in [0, 0.05) is 49.9 Å². The smallest absolute Gasteiger partial charge is 0.328 e. The van der Waals surface area contributed by atoms with Gasteiger partial charge in [0.2, 0.25) is 5.91 Å². The first-order valence-corrected chi connectivity index (χ1v) is 20.7. The molecule has 0 bridgehead atoms. The number of nitrogens with one attached hydrogen (secondary N) is 1. The number of carbonyl (C=O) groups excluding carboxylic acids is 6. The van der Waals surface area contributed by atoms with Gasteiger partial charge in [-0.2, -0.15) is 0 Å². The van der Waals surface area contributed by atoms with Gasteiger partial charge in [-0.1, -0.05) is 84.7 Å². The van der Waals surface area contributed by atoms with E-state index >= 15 is 0 Å². The number of rotatable bonds is 21. The number of likely N-dealkylation sites (tertiary alicyclic amines) is 1. The van der Waals surface area contributed by atoms with Crippen molar-refractivity contribution in [1.29, 1.82) is 0 Å². The Labute approximate surface area is 336 Å². The van der Waals surface area contributed by atoms with Gasteiger partial charge in [0.1, 0.15) is 16.7 Å². The topological polar surface area (TPSA) is 162 Å². The predicted octanol–water partition coefficient (Wildman–Crippen LogP) is 6.16. The zero-order valence-electron chi connectivity index (χ0n) is 34.6. The maximum atomic E-state index is 14.8. The Morgan fingerprint density at radius 2 is 1.71 bits per heavy atom. The summed E-state index contributed by atoms with van der Waals surface area (Å²) in [5.74, 6) is -3.56. The van der Waals surface area contributed by atoms with E-state index in [9.17, 15) is 28.8 Å². The van der Waals surface area contributed by atoms with Crippen molar-refractivity contribution in [2.45, 2.75) is 124 Å². The Bertz CT molecular complexity index is 1610. The zero-order valence-corrected chi connectivity index (χ0v) is 35.4. The van der Waals surface area contributed by atoms with Gasteiger partial charge in [0.05, 0.1) is 13.2 Å². The predicted molar refractivity (Wildman–Crippen MR) is 213 cm³/mol. The van der Waals surface area contributed by atoms with Crippen molar-refractivity contribution < 1.29 is 43.0 Å². The maximum absolute atomic E-state index is 14.8. The molecule has 0 unspecified atom stereocenters. The molecule has 0 spiro atoms. The van der Waals surface area contributed by atoms with Gasteiger partial charge in [0.15, 0.2) is 18.6 Å². The lowest BCUT2D eigenvalue weighted by atomic mass is 9.82. The molecule has 1 aliphatic rings. The number of amides is 2. The molecule has 6 atom stereocenters. The first-order chi connectivity index (χ1) is 26.6. The van der Waals surface area contributed by atoms with E-state index in [0.717, 1.165) is 42.7 Å². The number of methoxy groups -OCH3 is 1. The van der Waals surface area contributed by atoms with Crippen LogP contribution in [0.3, 0.4) is 0 Å². The second-order valence-corrected chi connectivity index (χ2v) is 16.6. The molecule has 1 aromatic heterocycles. The lowest BCUT2D eigenvalue weighted by Gasteiger charge is -2.39. The molecule has 0 aliphatic carbocycles. The second kappa shape index (κ2) is 22.5. The van der Waals surface area contributed by atoms with Gasteiger partial charge in [-0.3, -0.25) is 28.9 Å². The summed E-state index contributed by atoms with van der Waals surface area (Å²) in [6.45, 7) is 13.3. The number of thiazole rings is 1. The Morgan fingerprint density at radius 1 is 1.02 bits per heavy atom. The molecule has 2 aromatic rings. The molecular weight excluding hydrogens is 737 g/mol. The minimum Gasteiger partial charge on any atom is -0.467 e. The van der Waals surface area contributed by atoms with Crippen molar-refractivity contribution in [3.63, 3.8) is 0 Å². The van der Waals surface area contributed by atoms with Crippen molar-refractivity contribution >= 4 is 46.8 Å². The molecule has 13 nitrogen and oxygen atoms in total. The molecule has 3 rings (SSSR count). The van der Waals surface area contributed by atoms with Crippen molar-refractivity contribution in [2.75, 3.05) is 27.4 Å². The molecule has 0 saturated carbocycles. The lowest BCUT2D eigenvalue weighted by molar-refractivity contribution is -0.162. The van der Waals surface area contributed by atoms with E-state index in [0.29, 0.717) is 11.4 Å². The van der Waals surface area contributed by atoms with Gasteiger partial charge < -0.3 is 24.4 Å². The molecule has 310 valence electrons. The number of nitrogens with zero attached hydrogens (tertiary/aromatic N) is 3. The van der Waals surface area contributed by atoms with E-state index in [2.05, 4.69) is 15.2 Å². The average molecular weight is 799 g/mol. The van der Waals surface area contributed by atoms with Crippen LogP contribution in [0.4, 0.5) is 0 Å². The molecule has 1 aliphatic heterocycles. The van der Waals surface area contributed by atoms with Crippen molar-refractivity contribution in [3.05, 3.63) is 52.0 Å². The Kier molecular flexibility index (Phi) is 18.6. The van der Waals surface area contributed by atoms with Crippen LogP contribution >= 0.6 is 11.3 Å². The number of ketones is 1. The van der Waals surface area contributed by atoms with E-state index < -0.39 is 47.9 Å². The second-order valence-electron chi connectivity index (χ2n) is 15.7. The fraction of sp³-hybridized carbons (Fsp3) is 0.643. The molecule has 2 heterocycles. The molecule has 1 N–H and O–H groups in total. The average Bonchev–Trinajstić information content (AvgIpc) is 3.66. The van der Waals surface area contributed by atoms with Crippen LogP contribution in [-0.4, -0.2) is 95.8 Å². The van der Waals surface area contributed by atoms with E-state index in [1.807, 2.05) is 78.9 Å². The third kappa shape index (κ3) is 13.8. The van der Waals surface area contributed by atoms with Crippen LogP contribution in [0.25, 0.3) is 0 Å². The Hall–Kier alpha value is -4.17. The fourth-order valence-electron chi connectivity index (χ4n) is 7.06. The van der Waals surface area contributed by atoms with E-state index in [1.54, 1.807) is 0 Å². The molecule has 14 heteroatoms. The standard InChI is InChI=1S/C42H62N4O9S/c1-10-28(6)31(22-36(48)34-18-14-15-19-45(34)8)41(51)46(25-54-38(49)20-26(2)3)35(27(4)5)23-37(55-29(7)47)40-44-33(24-56-40)39(50)43-32(42(52)53-9)21-30-16-12-11-13-17-30/h11-13,16-17,24,26-28,31-32,34-35,37H,10,14-15,18-23,25H2,1-9H3,(H,43,50)/t28-,31-,32-,34+,35+,37+/m0/s1. The van der Waals surface area contributed by atoms with Gasteiger partial charge >= 0.3 is 17.9 Å².